The van der Waals surface area contributed by atoms with Gasteiger partial charge in [0.2, 0.25) is 11.8 Å². The zero-order valence-corrected chi connectivity index (χ0v) is 34.7. The van der Waals surface area contributed by atoms with Crippen molar-refractivity contribution in [3.8, 4) is 17.1 Å². The molecule has 0 bridgehead atoms. The summed E-state index contributed by atoms with van der Waals surface area (Å²) in [6.45, 7) is 8.35. The molecule has 2 amide bonds. The molecule has 4 aromatic rings. The number of pyridine rings is 1. The number of aryl methyl sites for hydroxylation is 1. The number of nitrogens with two attached hydrogens (primary N) is 1. The number of primary amides is 1. The van der Waals surface area contributed by atoms with Crippen LogP contribution >= 0.6 is 11.6 Å². The molecular weight excluding hydrogens is 801 g/mol. The van der Waals surface area contributed by atoms with Gasteiger partial charge in [0.05, 0.1) is 25.5 Å². The molecule has 0 unspecified atom stereocenters. The van der Waals surface area contributed by atoms with Crippen LogP contribution in [0, 0.1) is 5.92 Å². The summed E-state index contributed by atoms with van der Waals surface area (Å²) >= 11 is 5.95. The third-order valence-electron chi connectivity index (χ3n) is 9.67. The summed E-state index contributed by atoms with van der Waals surface area (Å²) in [6.07, 6.45) is 6.43. The number of halogens is 4. The van der Waals surface area contributed by atoms with Crippen LogP contribution < -0.4 is 15.8 Å². The predicted molar refractivity (Wildman–Crippen MR) is 224 cm³/mol. The molecular formula is C44H54ClF3N6O6. The van der Waals surface area contributed by atoms with Gasteiger partial charge >= 0.3 is 6.18 Å². The van der Waals surface area contributed by atoms with Crippen LogP contribution in [0.4, 0.5) is 13.2 Å². The Morgan fingerprint density at radius 1 is 1.10 bits per heavy atom. The van der Waals surface area contributed by atoms with E-state index < -0.39 is 42.6 Å². The Morgan fingerprint density at radius 3 is 2.50 bits per heavy atom. The number of oxazole rings is 1. The molecule has 0 saturated carbocycles. The number of nitrogens with zero attached hydrogens (tertiary/aromatic N) is 4. The predicted octanol–water partition coefficient (Wildman–Crippen LogP) is 7.30. The van der Waals surface area contributed by atoms with Crippen LogP contribution in [0.1, 0.15) is 50.7 Å². The lowest BCUT2D eigenvalue weighted by atomic mass is 9.97. The van der Waals surface area contributed by atoms with E-state index in [1.54, 1.807) is 54.7 Å². The molecule has 3 atom stereocenters. The largest absolute Gasteiger partial charge is 0.493 e. The topological polar surface area (TPSA) is 156 Å². The van der Waals surface area contributed by atoms with Gasteiger partial charge in [-0.15, -0.1) is 0 Å². The van der Waals surface area contributed by atoms with Crippen LogP contribution in [0.5, 0.6) is 5.75 Å². The molecule has 4 heterocycles. The zero-order valence-electron chi connectivity index (χ0n) is 34.0. The number of carbonyl (C=O) groups excluding carboxylic acids is 2. The monoisotopic (exact) mass is 854 g/mol. The standard InChI is InChI=1S/C27H38ClF3N4O4.C9H10O.C8H6N2O/c1-4-6-23(39-18(3)20-7-9-21(28)10-8-20)15-34-11-12-35(14-22(36)13-19(5-2)25(32)37)24(16-34)26(38)33-17-27(29,30)31;1-2-6-9-8(4-1)5-3-7-10-9;1-2-7(4-9-3-1)8-5-10-6-11-8/h6-10,19,22,24,36H,3-5,11-17H2,1-2H3,(H2,32,37)(H,33,38);1-2,4,6H,3,5,7H2;1-6H/b23-6-;;/t19-,22+,24+;;/m1../s1. The van der Waals surface area contributed by atoms with Crippen LogP contribution in [0.2, 0.25) is 5.02 Å². The number of aliphatic hydroxyl groups excluding tert-OH is 1. The Hall–Kier alpha value is -5.22. The summed E-state index contributed by atoms with van der Waals surface area (Å²) in [5.41, 5.74) is 8.43. The maximum absolute atomic E-state index is 12.9. The van der Waals surface area contributed by atoms with E-state index in [-0.39, 0.29) is 19.5 Å². The molecule has 2 aliphatic rings. The minimum absolute atomic E-state index is 0.0171. The third-order valence-corrected chi connectivity index (χ3v) is 9.92. The second-order valence-electron chi connectivity index (χ2n) is 14.3. The SMILES string of the molecule is C=C(O/C(=C\CC)CN1CCN(C[C@@H](O)C[C@@H](CC)C(N)=O)[C@H](C(=O)NCC(F)(F)F)C1)c1ccc(Cl)cc1.c1ccc2c(c1)CCCO2.c1cncc(-c2cnco2)c1. The number of rotatable bonds is 15. The lowest BCUT2D eigenvalue weighted by molar-refractivity contribution is -0.143. The molecule has 324 valence electrons. The van der Waals surface area contributed by atoms with Crippen LogP contribution in [0.25, 0.3) is 17.1 Å². The molecule has 16 heteroatoms. The van der Waals surface area contributed by atoms with Crippen molar-refractivity contribution in [3.05, 3.63) is 120 Å². The number of carbonyl (C=O) groups is 2. The van der Waals surface area contributed by atoms with Gasteiger partial charge in [0.15, 0.2) is 12.2 Å². The van der Waals surface area contributed by atoms with E-state index in [0.717, 1.165) is 35.7 Å². The van der Waals surface area contributed by atoms with E-state index in [4.69, 9.17) is 31.2 Å². The van der Waals surface area contributed by atoms with Gasteiger partial charge in [-0.05, 0) is 86.2 Å². The number of allylic oxidation sites excluding steroid dienone is 1. The molecule has 6 rings (SSSR count). The van der Waals surface area contributed by atoms with Crippen LogP contribution in [-0.2, 0) is 20.7 Å². The Labute approximate surface area is 354 Å². The number of β-amino-alcohol motifs (C(OH)–C–C–N with tert-alkyl or cyclic N) is 1. The summed E-state index contributed by atoms with van der Waals surface area (Å²) in [7, 11) is 0. The molecule has 0 spiro atoms. The Bertz CT molecular complexity index is 1920. The molecule has 1 fully saturated rings. The van der Waals surface area contributed by atoms with Gasteiger partial charge in [-0.1, -0.05) is 50.2 Å². The number of nitrogens with one attached hydrogen (secondary N) is 1. The fourth-order valence-electron chi connectivity index (χ4n) is 6.55. The molecule has 0 aliphatic carbocycles. The normalized spacial score (nSPS) is 16.6. The Morgan fingerprint density at radius 2 is 1.87 bits per heavy atom. The van der Waals surface area contributed by atoms with Crippen LogP contribution in [-0.4, -0.2) is 101 Å². The highest BCUT2D eigenvalue weighted by atomic mass is 35.5. The average Bonchev–Trinajstić information content (AvgIpc) is 3.79. The smallest absolute Gasteiger partial charge is 0.405 e. The summed E-state index contributed by atoms with van der Waals surface area (Å²) in [5, 5.41) is 13.1. The van der Waals surface area contributed by atoms with Gasteiger partial charge in [-0.2, -0.15) is 13.2 Å². The van der Waals surface area contributed by atoms with Gasteiger partial charge in [0.1, 0.15) is 29.9 Å². The number of fused-ring (bicyclic) bond motifs is 1. The summed E-state index contributed by atoms with van der Waals surface area (Å²) in [5.74, 6) is 0.966. The van der Waals surface area contributed by atoms with Crippen molar-refractivity contribution in [3.63, 3.8) is 0 Å². The second kappa shape index (κ2) is 24.1. The van der Waals surface area contributed by atoms with Crippen molar-refractivity contribution >= 4 is 29.2 Å². The highest BCUT2D eigenvalue weighted by molar-refractivity contribution is 6.30. The molecule has 0 radical (unpaired) electrons. The quantitative estimate of drug-likeness (QED) is 0.104. The number of para-hydroxylation sites is 1. The number of benzene rings is 2. The molecule has 4 N–H and O–H groups in total. The molecule has 2 aliphatic heterocycles. The summed E-state index contributed by atoms with van der Waals surface area (Å²) in [6, 6.07) is 18.1. The number of aliphatic hydroxyl groups is 1. The van der Waals surface area contributed by atoms with E-state index in [1.807, 2.05) is 47.5 Å². The van der Waals surface area contributed by atoms with Gasteiger partial charge in [0, 0.05) is 60.6 Å². The van der Waals surface area contributed by atoms with Crippen molar-refractivity contribution in [1.29, 1.82) is 0 Å². The number of piperazine rings is 1. The maximum Gasteiger partial charge on any atom is 0.405 e. The summed E-state index contributed by atoms with van der Waals surface area (Å²) < 4.78 is 54.9. The van der Waals surface area contributed by atoms with Crippen molar-refractivity contribution in [2.45, 2.75) is 64.3 Å². The lowest BCUT2D eigenvalue weighted by Gasteiger charge is -2.41. The van der Waals surface area contributed by atoms with Crippen molar-refractivity contribution in [1.82, 2.24) is 25.1 Å². The van der Waals surface area contributed by atoms with E-state index in [1.165, 1.54) is 18.4 Å². The Kier molecular flexibility index (Phi) is 19.1. The molecule has 2 aromatic heterocycles. The first kappa shape index (κ1) is 47.5. The van der Waals surface area contributed by atoms with Crippen molar-refractivity contribution in [2.75, 3.05) is 45.9 Å². The van der Waals surface area contributed by atoms with Crippen LogP contribution in [0.3, 0.4) is 0 Å². The summed E-state index contributed by atoms with van der Waals surface area (Å²) in [4.78, 5) is 35.8. The van der Waals surface area contributed by atoms with Crippen LogP contribution in [0.15, 0.2) is 108 Å². The Balaban J connectivity index is 0.000000299. The van der Waals surface area contributed by atoms with Gasteiger partial charge < -0.3 is 30.0 Å². The number of aromatic nitrogens is 2. The number of amides is 2. The average molecular weight is 855 g/mol. The molecule has 12 nitrogen and oxygen atoms in total. The van der Waals surface area contributed by atoms with E-state index in [2.05, 4.69) is 28.7 Å². The third kappa shape index (κ3) is 16.1. The fourth-order valence-corrected chi connectivity index (χ4v) is 6.68. The molecule has 1 saturated heterocycles. The van der Waals surface area contributed by atoms with Crippen molar-refractivity contribution < 1.29 is 41.8 Å². The zero-order chi connectivity index (χ0) is 43.5. The highest BCUT2D eigenvalue weighted by Crippen LogP contribution is 2.24. The maximum atomic E-state index is 12.9. The first-order valence-electron chi connectivity index (χ1n) is 19.9. The van der Waals surface area contributed by atoms with Crippen molar-refractivity contribution in [2.24, 2.45) is 11.7 Å². The van der Waals surface area contributed by atoms with E-state index >= 15 is 0 Å². The number of hydrogen-bond acceptors (Lipinski definition) is 10. The van der Waals surface area contributed by atoms with Gasteiger partial charge in [-0.3, -0.25) is 24.4 Å². The number of alkyl halides is 3. The van der Waals surface area contributed by atoms with Gasteiger partial charge in [-0.25, -0.2) is 4.98 Å². The minimum atomic E-state index is -4.56. The van der Waals surface area contributed by atoms with Gasteiger partial charge in [0.25, 0.3) is 0 Å². The van der Waals surface area contributed by atoms with E-state index in [0.29, 0.717) is 49.0 Å². The minimum Gasteiger partial charge on any atom is -0.493 e. The van der Waals surface area contributed by atoms with E-state index in [9.17, 15) is 27.9 Å². The first-order chi connectivity index (χ1) is 28.8. The molecule has 60 heavy (non-hydrogen) atoms. The molecule has 2 aromatic carbocycles. The number of ether oxygens (including phenoxy) is 2. The fraction of sp³-hybridized carbons (Fsp3) is 0.409. The lowest BCUT2D eigenvalue weighted by Crippen LogP contribution is -2.61. The number of hydrogen-bond donors (Lipinski definition) is 3. The first-order valence-corrected chi connectivity index (χ1v) is 20.2. The highest BCUT2D eigenvalue weighted by Gasteiger charge is 2.36. The second-order valence-corrected chi connectivity index (χ2v) is 14.7.